The maximum Gasteiger partial charge on any atom is 0.349 e. The largest absolute Gasteiger partial charge is 0.354 e. The van der Waals surface area contributed by atoms with Crippen LogP contribution in [0.1, 0.15) is 107 Å². The third-order valence-electron chi connectivity index (χ3n) is 9.45. The van der Waals surface area contributed by atoms with Crippen molar-refractivity contribution in [2.45, 2.75) is 64.3 Å². The molecule has 4 N–H and O–H groups in total. The van der Waals surface area contributed by atoms with Crippen LogP contribution in [0.5, 0.6) is 0 Å². The molecule has 0 saturated heterocycles. The number of fused-ring (bicyclic) bond motifs is 2. The summed E-state index contributed by atoms with van der Waals surface area (Å²) >= 11 is 0. The molecular weight excluding hydrogens is 642 g/mol. The molecule has 2 heterocycles. The molecule has 0 amide bonds. The van der Waals surface area contributed by atoms with E-state index in [1.807, 2.05) is 54.6 Å². The summed E-state index contributed by atoms with van der Waals surface area (Å²) in [6.07, 6.45) is 6.05. The van der Waals surface area contributed by atoms with Gasteiger partial charge in [0, 0.05) is 29.5 Å². The Bertz CT molecular complexity index is 2040. The Morgan fingerprint density at radius 1 is 0.784 bits per heavy atom. The number of unbranched alkanes of at least 4 members (excludes halogenated alkanes) is 2. The zero-order valence-corrected chi connectivity index (χ0v) is 29.2. The monoisotopic (exact) mass is 687 g/mol. The number of carbonyl (C=O) groups is 2. The second kappa shape index (κ2) is 16.7. The molecule has 0 spiro atoms. The number of aromatic nitrogens is 4. The van der Waals surface area contributed by atoms with E-state index in [4.69, 9.17) is 0 Å². The maximum atomic E-state index is 13.6. The van der Waals surface area contributed by atoms with Crippen LogP contribution in [0.25, 0.3) is 10.9 Å². The minimum absolute atomic E-state index is 0.278. The summed E-state index contributed by atoms with van der Waals surface area (Å²) in [6.45, 7) is 8.30. The van der Waals surface area contributed by atoms with Gasteiger partial charge < -0.3 is 15.4 Å². The zero-order chi connectivity index (χ0) is 35.7. The number of hydrogen-bond donors (Lipinski definition) is 4. The number of hydroxylamine groups is 1. The highest BCUT2D eigenvalue weighted by Crippen LogP contribution is 2.36. The molecule has 0 bridgehead atoms. The Hall–Kier alpha value is -5.10. The lowest BCUT2D eigenvalue weighted by atomic mass is 9.95. The first-order valence-electron chi connectivity index (χ1n) is 17.9. The molecule has 1 aliphatic carbocycles. The van der Waals surface area contributed by atoms with Gasteiger partial charge in [-0.3, -0.25) is 19.6 Å². The molecule has 2 unspecified atom stereocenters. The minimum Gasteiger partial charge on any atom is -0.354 e. The van der Waals surface area contributed by atoms with Crippen molar-refractivity contribution in [3.05, 3.63) is 129 Å². The zero-order valence-electron chi connectivity index (χ0n) is 29.2. The molecule has 264 valence electrons. The number of ketones is 2. The fraction of sp³-hybridized carbons (Fsp3) is 0.350. The molecule has 0 radical (unpaired) electrons. The third kappa shape index (κ3) is 8.45. The minimum atomic E-state index is -1.000. The van der Waals surface area contributed by atoms with E-state index in [-0.39, 0.29) is 11.6 Å². The van der Waals surface area contributed by atoms with E-state index in [0.29, 0.717) is 47.1 Å². The number of carbonyl (C=O) groups excluding carboxylic acids is 2. The highest BCUT2D eigenvalue weighted by molar-refractivity contribution is 6.29. The average Bonchev–Trinajstić information content (AvgIpc) is 3.39. The Morgan fingerprint density at radius 3 is 2.24 bits per heavy atom. The molecule has 0 saturated carbocycles. The van der Waals surface area contributed by atoms with Crippen LogP contribution in [0.3, 0.4) is 0 Å². The van der Waals surface area contributed by atoms with Crippen LogP contribution in [-0.4, -0.2) is 67.8 Å². The predicted octanol–water partition coefficient (Wildman–Crippen LogP) is 6.24. The molecule has 51 heavy (non-hydrogen) atoms. The van der Waals surface area contributed by atoms with Crippen molar-refractivity contribution >= 4 is 28.4 Å². The van der Waals surface area contributed by atoms with Gasteiger partial charge in [0.2, 0.25) is 5.95 Å². The van der Waals surface area contributed by atoms with Gasteiger partial charge in [0.15, 0.2) is 11.6 Å². The fourth-order valence-corrected chi connectivity index (χ4v) is 6.66. The van der Waals surface area contributed by atoms with E-state index in [0.717, 1.165) is 48.1 Å². The standard InChI is InChI=1S/C40H45N7O4/c1-3-5-21-47(22-6-4-2)23-9-20-41-39-43-34(44-40(50)45-39)24-26-12-14-28(15-13-26)36(46-51)29-16-18-30-31(25-29)38(49)35(37(30)48)33-19-17-27-10-7-8-11-32(27)42-33/h7-8,10-19,25,35-36,46,51H,3-6,9,20-24H2,1-2H3,(H2,41,43,44,45,50). The van der Waals surface area contributed by atoms with Gasteiger partial charge in [0.1, 0.15) is 11.7 Å². The number of nitrogens with zero attached hydrogens (tertiary/aromatic N) is 4. The number of anilines is 1. The summed E-state index contributed by atoms with van der Waals surface area (Å²) in [4.78, 5) is 57.8. The van der Waals surface area contributed by atoms with E-state index in [9.17, 15) is 19.6 Å². The Morgan fingerprint density at radius 2 is 1.49 bits per heavy atom. The molecule has 5 aromatic rings. The lowest BCUT2D eigenvalue weighted by Crippen LogP contribution is -2.28. The Balaban J connectivity index is 1.10. The van der Waals surface area contributed by atoms with Gasteiger partial charge in [-0.25, -0.2) is 4.79 Å². The molecule has 11 heteroatoms. The first-order valence-corrected chi connectivity index (χ1v) is 17.9. The average molecular weight is 688 g/mol. The number of hydrogen-bond acceptors (Lipinski definition) is 10. The Labute approximate surface area is 297 Å². The lowest BCUT2D eigenvalue weighted by Gasteiger charge is -2.21. The third-order valence-corrected chi connectivity index (χ3v) is 9.45. The molecule has 2 aromatic heterocycles. The highest BCUT2D eigenvalue weighted by Gasteiger charge is 2.41. The molecule has 3 aromatic carbocycles. The normalized spacial score (nSPS) is 14.7. The summed E-state index contributed by atoms with van der Waals surface area (Å²) in [5.41, 5.74) is 6.00. The molecular formula is C40H45N7O4. The van der Waals surface area contributed by atoms with Crippen LogP contribution in [0, 0.1) is 0 Å². The number of pyridine rings is 1. The summed E-state index contributed by atoms with van der Waals surface area (Å²) in [6, 6.07) is 23.1. The van der Waals surface area contributed by atoms with Gasteiger partial charge in [0.25, 0.3) is 0 Å². The second-order valence-electron chi connectivity index (χ2n) is 13.1. The lowest BCUT2D eigenvalue weighted by molar-refractivity contribution is 0.0888. The summed E-state index contributed by atoms with van der Waals surface area (Å²) in [5.74, 6) is -0.779. The fourth-order valence-electron chi connectivity index (χ4n) is 6.66. The van der Waals surface area contributed by atoms with Crippen LogP contribution in [-0.2, 0) is 6.42 Å². The summed E-state index contributed by atoms with van der Waals surface area (Å²) in [5, 5.41) is 14.4. The van der Waals surface area contributed by atoms with Crippen LogP contribution in [0.15, 0.2) is 83.7 Å². The van der Waals surface area contributed by atoms with Crippen molar-refractivity contribution in [3.8, 4) is 0 Å². The van der Waals surface area contributed by atoms with Gasteiger partial charge >= 0.3 is 5.69 Å². The first kappa shape index (κ1) is 35.7. The van der Waals surface area contributed by atoms with E-state index >= 15 is 0 Å². The van der Waals surface area contributed by atoms with Crippen molar-refractivity contribution in [1.82, 2.24) is 30.3 Å². The molecule has 0 fully saturated rings. The molecule has 2 atom stereocenters. The summed E-state index contributed by atoms with van der Waals surface area (Å²) in [7, 11) is 0. The van der Waals surface area contributed by atoms with Crippen molar-refractivity contribution in [1.29, 1.82) is 0 Å². The first-order chi connectivity index (χ1) is 24.9. The molecule has 6 rings (SSSR count). The Kier molecular flexibility index (Phi) is 11.7. The molecule has 11 nitrogen and oxygen atoms in total. The van der Waals surface area contributed by atoms with Gasteiger partial charge in [-0.05, 0) is 73.8 Å². The smallest absolute Gasteiger partial charge is 0.349 e. The second-order valence-corrected chi connectivity index (χ2v) is 13.1. The van der Waals surface area contributed by atoms with Gasteiger partial charge in [-0.1, -0.05) is 87.4 Å². The quantitative estimate of drug-likeness (QED) is 0.0502. The number of aromatic amines is 1. The maximum absolute atomic E-state index is 13.6. The van der Waals surface area contributed by atoms with Crippen molar-refractivity contribution in [2.75, 3.05) is 31.5 Å². The number of Topliss-reactive ketones (excluding diaryl/α,β-unsaturated/α-hetero) is 2. The van der Waals surface area contributed by atoms with Crippen LogP contribution >= 0.6 is 0 Å². The van der Waals surface area contributed by atoms with Crippen LogP contribution in [0.2, 0.25) is 0 Å². The summed E-state index contributed by atoms with van der Waals surface area (Å²) < 4.78 is 0. The molecule has 1 aliphatic rings. The number of H-pyrrole nitrogens is 1. The highest BCUT2D eigenvalue weighted by atomic mass is 16.5. The number of nitrogens with one attached hydrogen (secondary N) is 3. The van der Waals surface area contributed by atoms with E-state index < -0.39 is 17.6 Å². The molecule has 0 aliphatic heterocycles. The van der Waals surface area contributed by atoms with E-state index in [2.05, 4.69) is 49.5 Å². The van der Waals surface area contributed by atoms with Gasteiger partial charge in [-0.15, -0.1) is 0 Å². The number of para-hydroxylation sites is 1. The number of rotatable bonds is 17. The van der Waals surface area contributed by atoms with Crippen molar-refractivity contribution < 1.29 is 14.8 Å². The van der Waals surface area contributed by atoms with Crippen LogP contribution < -0.4 is 16.5 Å². The van der Waals surface area contributed by atoms with Gasteiger partial charge in [0.05, 0.1) is 17.3 Å². The predicted molar refractivity (Wildman–Crippen MR) is 198 cm³/mol. The number of benzene rings is 3. The SMILES string of the molecule is CCCCN(CCCC)CCCNc1nc(Cc2ccc(C(NO)c3ccc4c(c3)C(=O)C(c3ccc5ccccc5n3)C4=O)cc2)[nH]c(=O)n1. The van der Waals surface area contributed by atoms with E-state index in [1.165, 1.54) is 25.7 Å². The van der Waals surface area contributed by atoms with E-state index in [1.54, 1.807) is 24.3 Å². The van der Waals surface area contributed by atoms with Crippen molar-refractivity contribution in [3.63, 3.8) is 0 Å². The van der Waals surface area contributed by atoms with Crippen LogP contribution in [0.4, 0.5) is 5.95 Å². The van der Waals surface area contributed by atoms with Gasteiger partial charge in [-0.2, -0.15) is 15.4 Å². The topological polar surface area (TPSA) is 153 Å². The van der Waals surface area contributed by atoms with Crippen molar-refractivity contribution in [2.24, 2.45) is 0 Å².